The van der Waals surface area contributed by atoms with Gasteiger partial charge in [-0.15, -0.1) is 0 Å². The summed E-state index contributed by atoms with van der Waals surface area (Å²) in [5, 5.41) is 0. The Bertz CT molecular complexity index is 817. The lowest BCUT2D eigenvalue weighted by molar-refractivity contribution is -0.145. The van der Waals surface area contributed by atoms with Crippen LogP contribution < -0.4 is 9.16 Å². The van der Waals surface area contributed by atoms with Crippen molar-refractivity contribution in [2.24, 2.45) is 5.41 Å². The second-order valence-corrected chi connectivity index (χ2v) is 16.0. The molecule has 0 spiro atoms. The summed E-state index contributed by atoms with van der Waals surface area (Å²) in [7, 11) is -0.420. The molecule has 192 valence electrons. The minimum absolute atomic E-state index is 0.113. The second kappa shape index (κ2) is 13.1. The van der Waals surface area contributed by atoms with Gasteiger partial charge in [-0.3, -0.25) is 9.59 Å². The molecule has 0 unspecified atom stereocenters. The predicted octanol–water partition coefficient (Wildman–Crippen LogP) is 7.29. The molecule has 0 aliphatic carbocycles. The van der Waals surface area contributed by atoms with Crippen LogP contribution in [0.3, 0.4) is 0 Å². The van der Waals surface area contributed by atoms with Gasteiger partial charge in [0.25, 0.3) is 8.32 Å². The zero-order valence-corrected chi connectivity index (χ0v) is 24.0. The average molecular weight is 491 g/mol. The van der Waals surface area contributed by atoms with E-state index in [0.717, 1.165) is 17.1 Å². The van der Waals surface area contributed by atoms with E-state index < -0.39 is 14.3 Å². The van der Waals surface area contributed by atoms with Crippen LogP contribution in [0.4, 0.5) is 0 Å². The highest BCUT2D eigenvalue weighted by Gasteiger charge is 2.47. The van der Waals surface area contributed by atoms with E-state index in [4.69, 9.17) is 13.9 Å². The van der Waals surface area contributed by atoms with Crippen LogP contribution in [-0.2, 0) is 20.7 Å². The fourth-order valence-corrected chi connectivity index (χ4v) is 10.3. The molecule has 0 saturated carbocycles. The number of methoxy groups -OCH3 is 1. The third kappa shape index (κ3) is 8.00. The first-order valence-electron chi connectivity index (χ1n) is 12.5. The van der Waals surface area contributed by atoms with Crippen molar-refractivity contribution in [1.82, 2.24) is 0 Å². The van der Waals surface area contributed by atoms with E-state index in [1.54, 1.807) is 14.0 Å². The van der Waals surface area contributed by atoms with Crippen LogP contribution >= 0.6 is 0 Å². The Morgan fingerprint density at radius 3 is 2.12 bits per heavy atom. The van der Waals surface area contributed by atoms with Gasteiger partial charge < -0.3 is 13.9 Å². The van der Waals surface area contributed by atoms with Crippen LogP contribution in [0.15, 0.2) is 30.4 Å². The van der Waals surface area contributed by atoms with Gasteiger partial charge in [-0.1, -0.05) is 79.7 Å². The molecule has 34 heavy (non-hydrogen) atoms. The van der Waals surface area contributed by atoms with E-state index in [-0.39, 0.29) is 30.6 Å². The SMILES string of the molecule is CCOC(=O)CC(=O)CC(C)(C)/C=C/Cc1cccc(O[Si](C(C)C)(C(C)C)C(C)C)c1OC. The summed E-state index contributed by atoms with van der Waals surface area (Å²) in [6.07, 6.45) is 4.88. The molecule has 0 aliphatic heterocycles. The molecule has 0 bridgehead atoms. The largest absolute Gasteiger partial charge is 0.540 e. The topological polar surface area (TPSA) is 61.8 Å². The number of hydrogen-bond donors (Lipinski definition) is 0. The molecule has 0 fully saturated rings. The van der Waals surface area contributed by atoms with Gasteiger partial charge in [0.15, 0.2) is 5.75 Å². The van der Waals surface area contributed by atoms with Gasteiger partial charge in [-0.25, -0.2) is 0 Å². The molecular formula is C28H46O5Si. The normalized spacial score (nSPS) is 12.6. The van der Waals surface area contributed by atoms with Crippen LogP contribution in [0.5, 0.6) is 11.5 Å². The lowest BCUT2D eigenvalue weighted by atomic mass is 9.85. The van der Waals surface area contributed by atoms with Crippen molar-refractivity contribution < 1.29 is 23.5 Å². The summed E-state index contributed by atoms with van der Waals surface area (Å²) < 4.78 is 17.6. The minimum Gasteiger partial charge on any atom is -0.540 e. The highest BCUT2D eigenvalue weighted by molar-refractivity contribution is 6.78. The smallest absolute Gasteiger partial charge is 0.313 e. The Balaban J connectivity index is 3.06. The number of allylic oxidation sites excluding steroid dienone is 2. The monoisotopic (exact) mass is 490 g/mol. The van der Waals surface area contributed by atoms with E-state index in [9.17, 15) is 9.59 Å². The van der Waals surface area contributed by atoms with Crippen LogP contribution in [0.25, 0.3) is 0 Å². The molecule has 0 aromatic heterocycles. The van der Waals surface area contributed by atoms with Gasteiger partial charge in [-0.05, 0) is 41.4 Å². The molecular weight excluding hydrogens is 444 g/mol. The first-order chi connectivity index (χ1) is 15.8. The second-order valence-electron chi connectivity index (χ2n) is 10.7. The van der Waals surface area contributed by atoms with Crippen molar-refractivity contribution in [2.75, 3.05) is 13.7 Å². The number of carbonyl (C=O) groups is 2. The van der Waals surface area contributed by atoms with Crippen LogP contribution in [0, 0.1) is 5.41 Å². The van der Waals surface area contributed by atoms with E-state index in [1.807, 2.05) is 32.1 Å². The van der Waals surface area contributed by atoms with Crippen LogP contribution in [-0.4, -0.2) is 33.8 Å². The molecule has 0 atom stereocenters. The number of para-hydroxylation sites is 1. The molecule has 0 heterocycles. The summed E-state index contributed by atoms with van der Waals surface area (Å²) >= 11 is 0. The standard InChI is InChI=1S/C28H46O5Si/c1-11-32-26(30)18-24(29)19-28(8,9)17-13-15-23-14-12-16-25(27(23)31-10)33-34(20(2)3,21(4)5)22(6)7/h12-14,16-17,20-22H,11,15,18-19H2,1-10H3/b17-13+. The molecule has 1 rings (SSSR count). The van der Waals surface area contributed by atoms with E-state index in [2.05, 4.69) is 53.7 Å². The Hall–Kier alpha value is -2.08. The van der Waals surface area contributed by atoms with Gasteiger partial charge in [-0.2, -0.15) is 0 Å². The zero-order valence-electron chi connectivity index (χ0n) is 23.0. The predicted molar refractivity (Wildman–Crippen MR) is 142 cm³/mol. The first kappa shape index (κ1) is 29.9. The summed E-state index contributed by atoms with van der Waals surface area (Å²) in [4.78, 5) is 23.8. The van der Waals surface area contributed by atoms with Crippen molar-refractivity contribution in [3.8, 4) is 11.5 Å². The minimum atomic E-state index is -2.11. The molecule has 6 heteroatoms. The van der Waals surface area contributed by atoms with Crippen molar-refractivity contribution in [2.45, 2.75) is 98.2 Å². The average Bonchev–Trinajstić information content (AvgIpc) is 2.70. The number of rotatable bonds is 14. The molecule has 0 saturated heterocycles. The summed E-state index contributed by atoms with van der Waals surface area (Å²) in [6.45, 7) is 19.7. The van der Waals surface area contributed by atoms with Crippen LogP contribution in [0.1, 0.15) is 80.7 Å². The summed E-state index contributed by atoms with van der Waals surface area (Å²) in [5.74, 6) is 1.03. The third-order valence-electron chi connectivity index (χ3n) is 6.46. The fourth-order valence-electron chi connectivity index (χ4n) is 5.09. The number of Topliss-reactive ketones (excluding diaryl/α,β-unsaturated/α-hetero) is 1. The van der Waals surface area contributed by atoms with E-state index in [0.29, 0.717) is 23.0 Å². The summed E-state index contributed by atoms with van der Waals surface area (Å²) in [5.41, 5.74) is 2.08. The first-order valence-corrected chi connectivity index (χ1v) is 14.6. The number of ether oxygens (including phenoxy) is 2. The molecule has 5 nitrogen and oxygen atoms in total. The number of benzene rings is 1. The molecule has 0 N–H and O–H groups in total. The molecule has 0 aliphatic rings. The fraction of sp³-hybridized carbons (Fsp3) is 0.643. The van der Waals surface area contributed by atoms with E-state index in [1.165, 1.54) is 0 Å². The number of ketones is 1. The van der Waals surface area contributed by atoms with Crippen molar-refractivity contribution in [3.05, 3.63) is 35.9 Å². The Morgan fingerprint density at radius 1 is 1.03 bits per heavy atom. The van der Waals surface area contributed by atoms with Crippen molar-refractivity contribution in [1.29, 1.82) is 0 Å². The molecule has 0 radical (unpaired) electrons. The molecule has 0 amide bonds. The Labute approximate surface area is 208 Å². The lowest BCUT2D eigenvalue weighted by Gasteiger charge is -2.42. The highest BCUT2D eigenvalue weighted by atomic mass is 28.4. The summed E-state index contributed by atoms with van der Waals surface area (Å²) in [6, 6.07) is 6.09. The van der Waals surface area contributed by atoms with Gasteiger partial charge in [0.2, 0.25) is 0 Å². The van der Waals surface area contributed by atoms with Gasteiger partial charge in [0, 0.05) is 12.0 Å². The number of esters is 1. The zero-order chi connectivity index (χ0) is 26.1. The van der Waals surface area contributed by atoms with E-state index >= 15 is 0 Å². The molecule has 1 aromatic rings. The van der Waals surface area contributed by atoms with Gasteiger partial charge in [0.1, 0.15) is 18.0 Å². The Kier molecular flexibility index (Phi) is 11.6. The molecule has 1 aromatic carbocycles. The van der Waals surface area contributed by atoms with Crippen molar-refractivity contribution in [3.63, 3.8) is 0 Å². The van der Waals surface area contributed by atoms with Crippen LogP contribution in [0.2, 0.25) is 16.6 Å². The highest BCUT2D eigenvalue weighted by Crippen LogP contribution is 2.45. The third-order valence-corrected chi connectivity index (χ3v) is 12.5. The maximum atomic E-state index is 12.3. The van der Waals surface area contributed by atoms with Gasteiger partial charge in [0.05, 0.1) is 13.7 Å². The maximum Gasteiger partial charge on any atom is 0.313 e. The maximum absolute atomic E-state index is 12.3. The van der Waals surface area contributed by atoms with Gasteiger partial charge >= 0.3 is 5.97 Å². The lowest BCUT2D eigenvalue weighted by Crippen LogP contribution is -2.50. The number of hydrogen-bond acceptors (Lipinski definition) is 5. The quantitative estimate of drug-likeness (QED) is 0.119. The Morgan fingerprint density at radius 2 is 1.62 bits per heavy atom. The van der Waals surface area contributed by atoms with Crippen molar-refractivity contribution >= 4 is 20.1 Å². The number of carbonyl (C=O) groups excluding carboxylic acids is 2.